The standard InChI is InChI=1S/C18H26FNO3/c19-16-12-9-8-11-15(16)18(23)20-14-10-6-4-2-1-3-5-7-13-17(21)22/h8-9,11-12H,1-7,10,13-14H2,(H,20,23)(H,21,22). The molecule has 0 radical (unpaired) electrons. The molecular formula is C18H26FNO3. The number of carbonyl (C=O) groups is 2. The maximum atomic E-state index is 13.4. The Labute approximate surface area is 137 Å². The van der Waals surface area contributed by atoms with Crippen LogP contribution in [-0.2, 0) is 4.79 Å². The molecule has 0 bridgehead atoms. The molecular weight excluding hydrogens is 297 g/mol. The summed E-state index contributed by atoms with van der Waals surface area (Å²) in [6, 6.07) is 5.97. The van der Waals surface area contributed by atoms with Crippen LogP contribution in [0.1, 0.15) is 68.1 Å². The molecule has 1 amide bonds. The van der Waals surface area contributed by atoms with Gasteiger partial charge >= 0.3 is 5.97 Å². The maximum Gasteiger partial charge on any atom is 0.303 e. The summed E-state index contributed by atoms with van der Waals surface area (Å²) in [5.41, 5.74) is 0.0915. The van der Waals surface area contributed by atoms with Gasteiger partial charge in [0.05, 0.1) is 5.56 Å². The second-order valence-corrected chi connectivity index (χ2v) is 5.71. The summed E-state index contributed by atoms with van der Waals surface area (Å²) >= 11 is 0. The number of carboxylic acids is 1. The first-order valence-corrected chi connectivity index (χ1v) is 8.36. The number of unbranched alkanes of at least 4 members (excludes halogenated alkanes) is 7. The number of aliphatic carboxylic acids is 1. The van der Waals surface area contributed by atoms with Gasteiger partial charge in [-0.3, -0.25) is 9.59 Å². The van der Waals surface area contributed by atoms with Crippen LogP contribution in [0.3, 0.4) is 0 Å². The zero-order valence-corrected chi connectivity index (χ0v) is 13.5. The molecule has 2 N–H and O–H groups in total. The third-order valence-corrected chi connectivity index (χ3v) is 3.72. The fourth-order valence-electron chi connectivity index (χ4n) is 2.40. The molecule has 0 heterocycles. The van der Waals surface area contributed by atoms with E-state index in [1.807, 2.05) is 0 Å². The first-order chi connectivity index (χ1) is 11.1. The van der Waals surface area contributed by atoms with E-state index in [2.05, 4.69) is 5.32 Å². The zero-order valence-electron chi connectivity index (χ0n) is 13.5. The van der Waals surface area contributed by atoms with E-state index < -0.39 is 11.8 Å². The van der Waals surface area contributed by atoms with Crippen molar-refractivity contribution in [3.8, 4) is 0 Å². The Bertz CT molecular complexity index is 491. The molecule has 0 fully saturated rings. The predicted molar refractivity (Wildman–Crippen MR) is 87.9 cm³/mol. The highest BCUT2D eigenvalue weighted by molar-refractivity contribution is 5.94. The van der Waals surface area contributed by atoms with Crippen LogP contribution in [0.25, 0.3) is 0 Å². The van der Waals surface area contributed by atoms with E-state index in [0.717, 1.165) is 51.4 Å². The monoisotopic (exact) mass is 323 g/mol. The molecule has 0 saturated heterocycles. The average molecular weight is 323 g/mol. The molecule has 0 unspecified atom stereocenters. The van der Waals surface area contributed by atoms with Crippen LogP contribution in [0, 0.1) is 5.82 Å². The van der Waals surface area contributed by atoms with E-state index >= 15 is 0 Å². The minimum atomic E-state index is -0.720. The number of halogens is 1. The lowest BCUT2D eigenvalue weighted by Crippen LogP contribution is -2.25. The van der Waals surface area contributed by atoms with Gasteiger partial charge in [-0.15, -0.1) is 0 Å². The number of amides is 1. The van der Waals surface area contributed by atoms with Crippen molar-refractivity contribution >= 4 is 11.9 Å². The lowest BCUT2D eigenvalue weighted by molar-refractivity contribution is -0.137. The summed E-state index contributed by atoms with van der Waals surface area (Å²) in [5.74, 6) is -1.57. The van der Waals surface area contributed by atoms with Crippen molar-refractivity contribution in [2.75, 3.05) is 6.54 Å². The van der Waals surface area contributed by atoms with Gasteiger partial charge in [0, 0.05) is 13.0 Å². The molecule has 1 aromatic carbocycles. The van der Waals surface area contributed by atoms with Crippen molar-refractivity contribution < 1.29 is 19.1 Å². The van der Waals surface area contributed by atoms with Crippen molar-refractivity contribution in [2.45, 2.75) is 57.8 Å². The van der Waals surface area contributed by atoms with E-state index in [1.165, 1.54) is 12.1 Å². The van der Waals surface area contributed by atoms with Gasteiger partial charge in [0.1, 0.15) is 5.82 Å². The smallest absolute Gasteiger partial charge is 0.303 e. The van der Waals surface area contributed by atoms with Crippen LogP contribution in [0.2, 0.25) is 0 Å². The van der Waals surface area contributed by atoms with E-state index in [0.29, 0.717) is 6.54 Å². The van der Waals surface area contributed by atoms with E-state index in [1.54, 1.807) is 12.1 Å². The van der Waals surface area contributed by atoms with Gasteiger partial charge < -0.3 is 10.4 Å². The molecule has 4 nitrogen and oxygen atoms in total. The summed E-state index contributed by atoms with van der Waals surface area (Å²) in [6.07, 6.45) is 8.37. The largest absolute Gasteiger partial charge is 0.481 e. The van der Waals surface area contributed by atoms with Gasteiger partial charge in [0.25, 0.3) is 5.91 Å². The van der Waals surface area contributed by atoms with Crippen LogP contribution >= 0.6 is 0 Å². The molecule has 5 heteroatoms. The lowest BCUT2D eigenvalue weighted by Gasteiger charge is -2.06. The van der Waals surface area contributed by atoms with Crippen LogP contribution < -0.4 is 5.32 Å². The highest BCUT2D eigenvalue weighted by atomic mass is 19.1. The Kier molecular flexibility index (Phi) is 9.68. The topological polar surface area (TPSA) is 66.4 Å². The molecule has 0 saturated carbocycles. The number of benzene rings is 1. The minimum Gasteiger partial charge on any atom is -0.481 e. The number of carbonyl (C=O) groups excluding carboxylic acids is 1. The van der Waals surface area contributed by atoms with Crippen LogP contribution in [-0.4, -0.2) is 23.5 Å². The minimum absolute atomic E-state index is 0.0915. The molecule has 23 heavy (non-hydrogen) atoms. The van der Waals surface area contributed by atoms with E-state index in [-0.39, 0.29) is 17.9 Å². The second-order valence-electron chi connectivity index (χ2n) is 5.71. The Morgan fingerprint density at radius 2 is 1.48 bits per heavy atom. The molecule has 1 rings (SSSR count). The van der Waals surface area contributed by atoms with Crippen LogP contribution in [0.4, 0.5) is 4.39 Å². The number of hydrogen-bond acceptors (Lipinski definition) is 2. The third kappa shape index (κ3) is 8.96. The Morgan fingerprint density at radius 3 is 2.09 bits per heavy atom. The van der Waals surface area contributed by atoms with Gasteiger partial charge in [0.2, 0.25) is 0 Å². The zero-order chi connectivity index (χ0) is 16.9. The first kappa shape index (κ1) is 19.1. The Hall–Kier alpha value is -1.91. The van der Waals surface area contributed by atoms with Crippen molar-refractivity contribution in [3.63, 3.8) is 0 Å². The normalized spacial score (nSPS) is 10.5. The van der Waals surface area contributed by atoms with E-state index in [4.69, 9.17) is 5.11 Å². The maximum absolute atomic E-state index is 13.4. The highest BCUT2D eigenvalue weighted by Crippen LogP contribution is 2.10. The molecule has 0 atom stereocenters. The molecule has 0 aliphatic carbocycles. The van der Waals surface area contributed by atoms with Gasteiger partial charge in [0.15, 0.2) is 0 Å². The van der Waals surface area contributed by atoms with Gasteiger partial charge in [-0.1, -0.05) is 50.7 Å². The Morgan fingerprint density at radius 1 is 0.913 bits per heavy atom. The second kappa shape index (κ2) is 11.6. The molecule has 0 aliphatic heterocycles. The van der Waals surface area contributed by atoms with Gasteiger partial charge in [-0.05, 0) is 25.0 Å². The first-order valence-electron chi connectivity index (χ1n) is 8.36. The van der Waals surface area contributed by atoms with Crippen molar-refractivity contribution in [3.05, 3.63) is 35.6 Å². The summed E-state index contributed by atoms with van der Waals surface area (Å²) < 4.78 is 13.4. The Balaban J connectivity index is 1.95. The lowest BCUT2D eigenvalue weighted by atomic mass is 10.1. The average Bonchev–Trinajstić information content (AvgIpc) is 2.52. The number of hydrogen-bond donors (Lipinski definition) is 2. The van der Waals surface area contributed by atoms with Gasteiger partial charge in [-0.2, -0.15) is 0 Å². The predicted octanol–water partition coefficient (Wildman–Crippen LogP) is 4.15. The number of nitrogens with one attached hydrogen (secondary N) is 1. The fourth-order valence-corrected chi connectivity index (χ4v) is 2.40. The number of rotatable bonds is 12. The van der Waals surface area contributed by atoms with Gasteiger partial charge in [-0.25, -0.2) is 4.39 Å². The van der Waals surface area contributed by atoms with Crippen molar-refractivity contribution in [1.82, 2.24) is 5.32 Å². The van der Waals surface area contributed by atoms with Crippen molar-refractivity contribution in [2.24, 2.45) is 0 Å². The summed E-state index contributed by atoms with van der Waals surface area (Å²) in [4.78, 5) is 22.1. The van der Waals surface area contributed by atoms with Crippen molar-refractivity contribution in [1.29, 1.82) is 0 Å². The SMILES string of the molecule is O=C(O)CCCCCCCCCCNC(=O)c1ccccc1F. The third-order valence-electron chi connectivity index (χ3n) is 3.72. The highest BCUT2D eigenvalue weighted by Gasteiger charge is 2.09. The molecule has 128 valence electrons. The number of carboxylic acid groups (broad SMARTS) is 1. The van der Waals surface area contributed by atoms with Crippen LogP contribution in [0.5, 0.6) is 0 Å². The summed E-state index contributed by atoms with van der Waals surface area (Å²) in [5, 5.41) is 11.2. The molecule has 0 spiro atoms. The fraction of sp³-hybridized carbons (Fsp3) is 0.556. The molecule has 0 aromatic heterocycles. The molecule has 0 aliphatic rings. The molecule has 1 aromatic rings. The van der Waals surface area contributed by atoms with E-state index in [9.17, 15) is 14.0 Å². The van der Waals surface area contributed by atoms with Crippen LogP contribution in [0.15, 0.2) is 24.3 Å². The summed E-state index contributed by atoms with van der Waals surface area (Å²) in [7, 11) is 0. The summed E-state index contributed by atoms with van der Waals surface area (Å²) in [6.45, 7) is 0.561. The quantitative estimate of drug-likeness (QED) is 0.568.